The highest BCUT2D eigenvalue weighted by Crippen LogP contribution is 2.59. The van der Waals surface area contributed by atoms with Crippen molar-refractivity contribution in [2.45, 2.75) is 148 Å². The van der Waals surface area contributed by atoms with Crippen molar-refractivity contribution in [3.63, 3.8) is 0 Å². The van der Waals surface area contributed by atoms with Crippen LogP contribution in [0, 0.1) is 28.6 Å². The summed E-state index contributed by atoms with van der Waals surface area (Å²) < 4.78 is 6.57. The van der Waals surface area contributed by atoms with Gasteiger partial charge in [0.2, 0.25) is 0 Å². The van der Waals surface area contributed by atoms with Crippen LogP contribution in [0.25, 0.3) is 0 Å². The molecule has 4 rings (SSSR count). The van der Waals surface area contributed by atoms with E-state index < -0.39 is 29.0 Å². The molecule has 1 aliphatic heterocycles. The third-order valence-electron chi connectivity index (χ3n) is 11.5. The van der Waals surface area contributed by atoms with Gasteiger partial charge in [-0.3, -0.25) is 0 Å². The van der Waals surface area contributed by atoms with E-state index in [9.17, 15) is 20.4 Å². The molecule has 0 radical (unpaired) electrons. The van der Waals surface area contributed by atoms with Gasteiger partial charge in [-0.1, -0.05) is 26.3 Å². The first kappa shape index (κ1) is 27.6. The van der Waals surface area contributed by atoms with Crippen molar-refractivity contribution >= 4 is 0 Å². The van der Waals surface area contributed by atoms with Crippen LogP contribution in [0.5, 0.6) is 0 Å². The van der Waals surface area contributed by atoms with Crippen molar-refractivity contribution in [3.8, 4) is 0 Å². The van der Waals surface area contributed by atoms with E-state index in [2.05, 4.69) is 27.7 Å². The monoisotopic (exact) mass is 492 g/mol. The first-order valence-electron chi connectivity index (χ1n) is 14.1. The lowest BCUT2D eigenvalue weighted by Gasteiger charge is -2.54. The molecule has 5 nitrogen and oxygen atoms in total. The average molecular weight is 493 g/mol. The molecule has 35 heavy (non-hydrogen) atoms. The van der Waals surface area contributed by atoms with Crippen LogP contribution in [0.2, 0.25) is 0 Å². The van der Waals surface area contributed by atoms with E-state index in [1.165, 1.54) is 5.57 Å². The van der Waals surface area contributed by atoms with E-state index in [0.717, 1.165) is 44.1 Å². The van der Waals surface area contributed by atoms with E-state index in [1.807, 2.05) is 27.7 Å². The summed E-state index contributed by atoms with van der Waals surface area (Å²) in [7, 11) is 0. The molecule has 0 bridgehead atoms. The zero-order valence-electron chi connectivity index (χ0n) is 23.5. The first-order valence-corrected chi connectivity index (χ1v) is 14.1. The second-order valence-electron chi connectivity index (χ2n) is 14.5. The maximum absolute atomic E-state index is 11.7. The van der Waals surface area contributed by atoms with Gasteiger partial charge in [-0.05, 0) is 127 Å². The fourth-order valence-electron chi connectivity index (χ4n) is 8.98. The lowest BCUT2D eigenvalue weighted by atomic mass is 9.55. The Balaban J connectivity index is 1.64. The van der Waals surface area contributed by atoms with Gasteiger partial charge in [0.25, 0.3) is 0 Å². The van der Waals surface area contributed by atoms with E-state index >= 15 is 0 Å². The van der Waals surface area contributed by atoms with Gasteiger partial charge in [0.05, 0.1) is 35.1 Å². The van der Waals surface area contributed by atoms with E-state index in [-0.39, 0.29) is 28.8 Å². The lowest BCUT2D eigenvalue weighted by molar-refractivity contribution is -0.205. The normalized spacial score (nSPS) is 49.7. The summed E-state index contributed by atoms with van der Waals surface area (Å²) in [6.07, 6.45) is 6.04. The summed E-state index contributed by atoms with van der Waals surface area (Å²) in [6, 6.07) is 0. The molecule has 0 aromatic heterocycles. The van der Waals surface area contributed by atoms with Crippen LogP contribution in [0.15, 0.2) is 11.1 Å². The Morgan fingerprint density at radius 2 is 1.46 bits per heavy atom. The molecule has 5 heteroatoms. The molecule has 0 amide bonds. The second-order valence-corrected chi connectivity index (χ2v) is 14.5. The Bertz CT molecular complexity index is 840. The van der Waals surface area contributed by atoms with Crippen LogP contribution in [0.3, 0.4) is 0 Å². The average Bonchev–Trinajstić information content (AvgIpc) is 2.96. The lowest BCUT2D eigenvalue weighted by Crippen LogP contribution is -2.56. The molecule has 1 saturated heterocycles. The number of allylic oxidation sites excluding steroid dienone is 1. The summed E-state index contributed by atoms with van der Waals surface area (Å²) in [5.41, 5.74) is -0.0775. The molecule has 0 aromatic rings. The largest absolute Gasteiger partial charge is 0.390 e. The van der Waals surface area contributed by atoms with Crippen molar-refractivity contribution in [1.82, 2.24) is 0 Å². The Hall–Kier alpha value is -0.460. The van der Waals surface area contributed by atoms with Crippen molar-refractivity contribution in [2.75, 3.05) is 0 Å². The minimum Gasteiger partial charge on any atom is -0.390 e. The molecule has 4 aliphatic rings. The highest BCUT2D eigenvalue weighted by molar-refractivity contribution is 5.28. The molecular weight excluding hydrogens is 440 g/mol. The number of fused-ring (bicyclic) bond motifs is 2. The second kappa shape index (κ2) is 8.80. The third-order valence-corrected chi connectivity index (χ3v) is 11.5. The zero-order chi connectivity index (χ0) is 26.2. The zero-order valence-corrected chi connectivity index (χ0v) is 23.5. The third kappa shape index (κ3) is 4.56. The highest BCUT2D eigenvalue weighted by Gasteiger charge is 2.57. The van der Waals surface area contributed by atoms with Gasteiger partial charge < -0.3 is 25.2 Å². The Labute approximate surface area is 213 Å². The van der Waals surface area contributed by atoms with Crippen LogP contribution in [0.1, 0.15) is 113 Å². The van der Waals surface area contributed by atoms with Crippen LogP contribution in [-0.2, 0) is 4.74 Å². The van der Waals surface area contributed by atoms with Crippen molar-refractivity contribution in [3.05, 3.63) is 11.1 Å². The molecule has 2 saturated carbocycles. The van der Waals surface area contributed by atoms with Crippen LogP contribution >= 0.6 is 0 Å². The van der Waals surface area contributed by atoms with Gasteiger partial charge in [0.1, 0.15) is 0 Å². The van der Waals surface area contributed by atoms with Gasteiger partial charge in [-0.25, -0.2) is 0 Å². The summed E-state index contributed by atoms with van der Waals surface area (Å²) >= 11 is 0. The van der Waals surface area contributed by atoms with Crippen LogP contribution in [-0.4, -0.2) is 55.5 Å². The molecule has 202 valence electrons. The minimum atomic E-state index is -0.796. The van der Waals surface area contributed by atoms with Crippen LogP contribution < -0.4 is 0 Å². The Morgan fingerprint density at radius 1 is 0.829 bits per heavy atom. The summed E-state index contributed by atoms with van der Waals surface area (Å²) in [5, 5.41) is 44.7. The molecule has 3 aliphatic carbocycles. The summed E-state index contributed by atoms with van der Waals surface area (Å²) in [5.74, 6) is 0.472. The summed E-state index contributed by atoms with van der Waals surface area (Å²) in [4.78, 5) is 0. The molecule has 0 spiro atoms. The van der Waals surface area contributed by atoms with Gasteiger partial charge in [-0.2, -0.15) is 0 Å². The number of hydrogen-bond donors (Lipinski definition) is 4. The molecule has 0 aromatic carbocycles. The fraction of sp³-hybridized carbons (Fsp3) is 0.933. The fourth-order valence-corrected chi connectivity index (χ4v) is 8.98. The first-order chi connectivity index (χ1) is 15.9. The molecule has 9 atom stereocenters. The van der Waals surface area contributed by atoms with Crippen molar-refractivity contribution in [1.29, 1.82) is 0 Å². The van der Waals surface area contributed by atoms with Gasteiger partial charge in [0, 0.05) is 0 Å². The van der Waals surface area contributed by atoms with Crippen LogP contribution in [0.4, 0.5) is 0 Å². The molecule has 3 fully saturated rings. The predicted octanol–water partition coefficient (Wildman–Crippen LogP) is 5.14. The maximum Gasteiger partial charge on any atom is 0.0888 e. The number of hydrogen-bond acceptors (Lipinski definition) is 5. The predicted molar refractivity (Wildman–Crippen MR) is 139 cm³/mol. The maximum atomic E-state index is 11.7. The highest BCUT2D eigenvalue weighted by atomic mass is 16.5. The Morgan fingerprint density at radius 3 is 2.11 bits per heavy atom. The topological polar surface area (TPSA) is 90.2 Å². The standard InChI is InChI=1S/C30H52O5/c1-18-19(26(2,3)20-11-15-29(7,33)21(20)17-22(18)31)9-10-23-28(6)14-12-24(32)27(4,5)35-25(28)13-16-30(23,8)34/h20-25,31-34H,9-17H2,1-8H3/t20-,21-,22?,23-,24-,25-,28-,29-,30+/m1/s1. The van der Waals surface area contributed by atoms with E-state index in [0.29, 0.717) is 25.2 Å². The summed E-state index contributed by atoms with van der Waals surface area (Å²) in [6.45, 7) is 16.9. The van der Waals surface area contributed by atoms with Crippen molar-refractivity contribution in [2.24, 2.45) is 28.6 Å². The smallest absolute Gasteiger partial charge is 0.0888 e. The van der Waals surface area contributed by atoms with Crippen molar-refractivity contribution < 1.29 is 25.2 Å². The number of aliphatic hydroxyl groups excluding tert-OH is 2. The molecule has 1 heterocycles. The SMILES string of the molecule is CC1=C(CC[C@@H]2[C@@]3(C)CC[C@@H](O)C(C)(C)O[C@@H]3CC[C@]2(C)O)C(C)(C)[C@@H]2CC[C@@](C)(O)[C@@H]2CC1O. The molecule has 4 N–H and O–H groups in total. The Kier molecular flexibility index (Phi) is 6.93. The minimum absolute atomic E-state index is 0.0111. The van der Waals surface area contributed by atoms with E-state index in [4.69, 9.17) is 4.74 Å². The van der Waals surface area contributed by atoms with E-state index in [1.54, 1.807) is 0 Å². The van der Waals surface area contributed by atoms with Gasteiger partial charge >= 0.3 is 0 Å². The quantitative estimate of drug-likeness (QED) is 0.410. The number of ether oxygens (including phenoxy) is 1. The molecule has 1 unspecified atom stereocenters. The molecular formula is C30H52O5. The number of aliphatic hydroxyl groups is 4. The van der Waals surface area contributed by atoms with Gasteiger partial charge in [-0.15, -0.1) is 0 Å². The number of rotatable bonds is 3. The van der Waals surface area contributed by atoms with Gasteiger partial charge in [0.15, 0.2) is 0 Å².